The molecule has 1 atom stereocenters. The van der Waals surface area contributed by atoms with Crippen molar-refractivity contribution < 1.29 is 13.2 Å². The van der Waals surface area contributed by atoms with Crippen LogP contribution in [0.3, 0.4) is 0 Å². The summed E-state index contributed by atoms with van der Waals surface area (Å²) in [5.41, 5.74) is 2.08. The minimum Gasteiger partial charge on any atom is -0.342 e. The number of nitrogens with zero attached hydrogens (tertiary/aromatic N) is 3. The van der Waals surface area contributed by atoms with E-state index in [1.165, 1.54) is 32.3 Å². The Kier molecular flexibility index (Phi) is 5.57. The van der Waals surface area contributed by atoms with Crippen LogP contribution in [0.1, 0.15) is 34.9 Å². The lowest BCUT2D eigenvalue weighted by Gasteiger charge is -2.32. The number of piperidine rings is 1. The number of nitrogens with one attached hydrogen (secondary N) is 1. The highest BCUT2D eigenvalue weighted by Gasteiger charge is 2.29. The quantitative estimate of drug-likeness (QED) is 0.664. The average Bonchev–Trinajstić information content (AvgIpc) is 3.18. The number of hydrogen-bond donors (Lipinski definition) is 1. The molecule has 0 spiro atoms. The Hall–Kier alpha value is -2.42. The van der Waals surface area contributed by atoms with E-state index in [-0.39, 0.29) is 27.3 Å². The summed E-state index contributed by atoms with van der Waals surface area (Å²) in [6, 6.07) is 12.1. The number of amides is 1. The summed E-state index contributed by atoms with van der Waals surface area (Å²) in [5, 5.41) is 0.239. The molecule has 7 nitrogen and oxygen atoms in total. The van der Waals surface area contributed by atoms with E-state index in [4.69, 9.17) is 11.6 Å². The maximum Gasteiger partial charge on any atom is 0.255 e. The van der Waals surface area contributed by atoms with Gasteiger partial charge in [0.2, 0.25) is 10.0 Å². The van der Waals surface area contributed by atoms with Gasteiger partial charge in [-0.3, -0.25) is 4.79 Å². The molecule has 2 aromatic carbocycles. The van der Waals surface area contributed by atoms with E-state index in [1.807, 2.05) is 24.3 Å². The number of H-pyrrole nitrogens is 1. The van der Waals surface area contributed by atoms with Crippen LogP contribution in [0.15, 0.2) is 47.4 Å². The Morgan fingerprint density at radius 1 is 1.23 bits per heavy atom. The van der Waals surface area contributed by atoms with E-state index in [1.54, 1.807) is 4.90 Å². The van der Waals surface area contributed by atoms with Crippen LogP contribution < -0.4 is 0 Å². The molecular formula is C21H23ClN4O3S. The minimum atomic E-state index is -3.66. The van der Waals surface area contributed by atoms with Crippen LogP contribution in [0.4, 0.5) is 0 Å². The van der Waals surface area contributed by atoms with Crippen LogP contribution in [0.5, 0.6) is 0 Å². The Labute approximate surface area is 180 Å². The van der Waals surface area contributed by atoms with Gasteiger partial charge in [0.05, 0.1) is 26.5 Å². The van der Waals surface area contributed by atoms with Crippen molar-refractivity contribution in [3.8, 4) is 0 Å². The van der Waals surface area contributed by atoms with Crippen LogP contribution in [0.2, 0.25) is 5.02 Å². The lowest BCUT2D eigenvalue weighted by molar-refractivity contribution is 0.0705. The number of sulfonamides is 1. The second kappa shape index (κ2) is 8.02. The molecule has 1 amide bonds. The van der Waals surface area contributed by atoms with Gasteiger partial charge in [0.15, 0.2) is 0 Å². The number of fused-ring (bicyclic) bond motifs is 1. The number of rotatable bonds is 4. The van der Waals surface area contributed by atoms with Crippen LogP contribution in [-0.4, -0.2) is 60.7 Å². The van der Waals surface area contributed by atoms with Crippen molar-refractivity contribution in [2.24, 2.45) is 0 Å². The van der Waals surface area contributed by atoms with Gasteiger partial charge in [-0.1, -0.05) is 23.7 Å². The van der Waals surface area contributed by atoms with Gasteiger partial charge >= 0.3 is 0 Å². The van der Waals surface area contributed by atoms with Crippen molar-refractivity contribution in [3.63, 3.8) is 0 Å². The molecule has 1 aliphatic rings. The van der Waals surface area contributed by atoms with Gasteiger partial charge < -0.3 is 9.88 Å². The number of aromatic nitrogens is 2. The van der Waals surface area contributed by atoms with Gasteiger partial charge in [0, 0.05) is 33.1 Å². The SMILES string of the molecule is CN(C)S(=O)(=O)c1ccc(Cl)c(C(=O)N2CCC[C@@H](c3nc4ccccc4[nH]3)C2)c1. The third kappa shape index (κ3) is 3.82. The zero-order valence-electron chi connectivity index (χ0n) is 16.8. The van der Waals surface area contributed by atoms with E-state index in [0.717, 1.165) is 34.0 Å². The number of carbonyl (C=O) groups is 1. The first kappa shape index (κ1) is 20.8. The predicted octanol–water partition coefficient (Wildman–Crippen LogP) is 3.49. The third-order valence-corrected chi connectivity index (χ3v) is 7.59. The number of para-hydroxylation sites is 2. The summed E-state index contributed by atoms with van der Waals surface area (Å²) in [6.45, 7) is 1.09. The summed E-state index contributed by atoms with van der Waals surface area (Å²) in [6.07, 6.45) is 1.76. The molecule has 0 radical (unpaired) electrons. The van der Waals surface area contributed by atoms with Crippen molar-refractivity contribution in [3.05, 3.63) is 58.9 Å². The van der Waals surface area contributed by atoms with Crippen molar-refractivity contribution in [1.82, 2.24) is 19.2 Å². The lowest BCUT2D eigenvalue weighted by Crippen LogP contribution is -2.39. The zero-order chi connectivity index (χ0) is 21.5. The monoisotopic (exact) mass is 446 g/mol. The number of likely N-dealkylation sites (tertiary alicyclic amines) is 1. The van der Waals surface area contributed by atoms with Crippen LogP contribution in [0, 0.1) is 0 Å². The second-order valence-electron chi connectivity index (χ2n) is 7.66. The maximum atomic E-state index is 13.2. The lowest BCUT2D eigenvalue weighted by atomic mass is 9.96. The molecule has 1 aromatic heterocycles. The first-order valence-corrected chi connectivity index (χ1v) is 11.5. The molecule has 9 heteroatoms. The molecular weight excluding hydrogens is 424 g/mol. The standard InChI is InChI=1S/C21H23ClN4O3S/c1-25(2)30(28,29)15-9-10-17(22)16(12-15)21(27)26-11-5-6-14(13-26)20-23-18-7-3-4-8-19(18)24-20/h3-4,7-10,12,14H,5-6,11,13H2,1-2H3,(H,23,24)/t14-/m1/s1. The van der Waals surface area contributed by atoms with Crippen LogP contribution >= 0.6 is 11.6 Å². The van der Waals surface area contributed by atoms with Crippen molar-refractivity contribution >= 4 is 38.6 Å². The largest absolute Gasteiger partial charge is 0.342 e. The molecule has 3 aromatic rings. The highest BCUT2D eigenvalue weighted by Crippen LogP contribution is 2.29. The smallest absolute Gasteiger partial charge is 0.255 e. The number of aromatic amines is 1. The normalized spacial score (nSPS) is 17.6. The van der Waals surface area contributed by atoms with Gasteiger partial charge in [-0.25, -0.2) is 17.7 Å². The number of hydrogen-bond acceptors (Lipinski definition) is 4. The summed E-state index contributed by atoms with van der Waals surface area (Å²) in [5.74, 6) is 0.683. The number of halogens is 1. The van der Waals surface area contributed by atoms with Gasteiger partial charge in [0.25, 0.3) is 5.91 Å². The summed E-state index contributed by atoms with van der Waals surface area (Å²) in [4.78, 5) is 23.0. The Balaban J connectivity index is 1.60. The first-order valence-electron chi connectivity index (χ1n) is 9.73. The molecule has 0 bridgehead atoms. The van der Waals surface area contributed by atoms with E-state index in [2.05, 4.69) is 9.97 Å². The fourth-order valence-electron chi connectivity index (χ4n) is 3.76. The maximum absolute atomic E-state index is 13.2. The molecule has 0 saturated carbocycles. The summed E-state index contributed by atoms with van der Waals surface area (Å²) in [7, 11) is -0.755. The van der Waals surface area contributed by atoms with Crippen LogP contribution in [0.25, 0.3) is 11.0 Å². The van der Waals surface area contributed by atoms with Gasteiger partial charge in [-0.2, -0.15) is 0 Å². The molecule has 1 fully saturated rings. The Bertz CT molecular complexity index is 1170. The fourth-order valence-corrected chi connectivity index (χ4v) is 4.89. The summed E-state index contributed by atoms with van der Waals surface area (Å²) >= 11 is 6.27. The number of benzene rings is 2. The number of imidazole rings is 1. The fraction of sp³-hybridized carbons (Fsp3) is 0.333. The highest BCUT2D eigenvalue weighted by molar-refractivity contribution is 7.89. The molecule has 30 heavy (non-hydrogen) atoms. The van der Waals surface area contributed by atoms with Crippen molar-refractivity contribution in [2.45, 2.75) is 23.7 Å². The molecule has 0 aliphatic carbocycles. The molecule has 1 N–H and O–H groups in total. The molecule has 158 valence electrons. The first-order chi connectivity index (χ1) is 14.3. The van der Waals surface area contributed by atoms with Gasteiger partial charge in [-0.05, 0) is 43.2 Å². The van der Waals surface area contributed by atoms with E-state index >= 15 is 0 Å². The molecule has 1 aliphatic heterocycles. The van der Waals surface area contributed by atoms with Crippen molar-refractivity contribution in [2.75, 3.05) is 27.2 Å². The van der Waals surface area contributed by atoms with E-state index < -0.39 is 10.0 Å². The second-order valence-corrected chi connectivity index (χ2v) is 10.2. The van der Waals surface area contributed by atoms with Crippen molar-refractivity contribution in [1.29, 1.82) is 0 Å². The van der Waals surface area contributed by atoms with Crippen LogP contribution in [-0.2, 0) is 10.0 Å². The molecule has 1 saturated heterocycles. The highest BCUT2D eigenvalue weighted by atomic mass is 35.5. The average molecular weight is 447 g/mol. The predicted molar refractivity (Wildman–Crippen MR) is 116 cm³/mol. The molecule has 2 heterocycles. The Morgan fingerprint density at radius 2 is 2.00 bits per heavy atom. The summed E-state index contributed by atoms with van der Waals surface area (Å²) < 4.78 is 26.0. The van der Waals surface area contributed by atoms with Gasteiger partial charge in [0.1, 0.15) is 5.82 Å². The number of carbonyl (C=O) groups excluding carboxylic acids is 1. The minimum absolute atomic E-state index is 0.0473. The molecule has 4 rings (SSSR count). The molecule has 0 unspecified atom stereocenters. The van der Waals surface area contributed by atoms with Gasteiger partial charge in [-0.15, -0.1) is 0 Å². The third-order valence-electron chi connectivity index (χ3n) is 5.45. The zero-order valence-corrected chi connectivity index (χ0v) is 18.4. The van der Waals surface area contributed by atoms with E-state index in [0.29, 0.717) is 13.1 Å². The topological polar surface area (TPSA) is 86.4 Å². The van der Waals surface area contributed by atoms with E-state index in [9.17, 15) is 13.2 Å². The Morgan fingerprint density at radius 3 is 2.73 bits per heavy atom.